The topological polar surface area (TPSA) is 111 Å². The summed E-state index contributed by atoms with van der Waals surface area (Å²) in [5.74, 6) is -0.431. The van der Waals surface area contributed by atoms with E-state index in [4.69, 9.17) is 4.52 Å². The molecule has 3 heterocycles. The number of fused-ring (bicyclic) bond motifs is 1. The number of sulfonamides is 1. The van der Waals surface area contributed by atoms with Crippen molar-refractivity contribution < 1.29 is 18.1 Å². The first-order valence-electron chi connectivity index (χ1n) is 8.96. The molecule has 0 radical (unpaired) electrons. The van der Waals surface area contributed by atoms with E-state index in [-0.39, 0.29) is 29.0 Å². The Hall–Kier alpha value is -2.62. The number of pyridine rings is 1. The molecule has 2 unspecified atom stereocenters. The third-order valence-electron chi connectivity index (χ3n) is 4.99. The second-order valence-electron chi connectivity index (χ2n) is 6.80. The molecule has 28 heavy (non-hydrogen) atoms. The van der Waals surface area contributed by atoms with Crippen molar-refractivity contribution >= 4 is 27.4 Å². The van der Waals surface area contributed by atoms with Crippen molar-refractivity contribution in [3.63, 3.8) is 0 Å². The first-order chi connectivity index (χ1) is 13.4. The number of rotatable bonds is 4. The molecule has 2 aromatic heterocycles. The first kappa shape index (κ1) is 18.7. The smallest absolute Gasteiger partial charge is 0.259 e. The van der Waals surface area contributed by atoms with Crippen molar-refractivity contribution in [3.8, 4) is 0 Å². The Morgan fingerprint density at radius 3 is 2.82 bits per heavy atom. The Morgan fingerprint density at radius 1 is 1.36 bits per heavy atom. The highest BCUT2D eigenvalue weighted by atomic mass is 32.3. The standard InChI is InChI=1S/C19H20N4O4S/c1-12-10-15(18(24)20-2)16-17(22-27-19(16)21-12)13-8-9-23(11-13)28(25,26)14-6-4-3-5-7-14/h3-7,10,13H,8-9,11H2,1-2H3,(H-,20,24,25,26). The van der Waals surface area contributed by atoms with E-state index >= 15 is 0 Å². The van der Waals surface area contributed by atoms with Gasteiger partial charge in [0.2, 0.25) is 0 Å². The van der Waals surface area contributed by atoms with Gasteiger partial charge in [-0.1, -0.05) is 27.6 Å². The van der Waals surface area contributed by atoms with Crippen LogP contribution in [0.3, 0.4) is 0 Å². The van der Waals surface area contributed by atoms with Crippen LogP contribution in [-0.4, -0.2) is 45.0 Å². The number of amides is 1. The fraction of sp³-hybridized carbons (Fsp3) is 0.316. The fourth-order valence-corrected chi connectivity index (χ4v) is 5.12. The van der Waals surface area contributed by atoms with Crippen molar-refractivity contribution in [2.45, 2.75) is 24.2 Å². The van der Waals surface area contributed by atoms with Gasteiger partial charge in [0.25, 0.3) is 11.6 Å². The molecule has 146 valence electrons. The minimum absolute atomic E-state index is 0.173. The molecule has 0 aliphatic carbocycles. The van der Waals surface area contributed by atoms with Gasteiger partial charge in [-0.2, -0.15) is 0 Å². The van der Waals surface area contributed by atoms with Crippen LogP contribution in [0, 0.1) is 6.92 Å². The Kier molecular flexibility index (Phi) is 4.74. The normalized spacial score (nSPS) is 19.6. The van der Waals surface area contributed by atoms with Crippen molar-refractivity contribution in [1.29, 1.82) is 0 Å². The summed E-state index contributed by atoms with van der Waals surface area (Å²) in [6.07, 6.45) is 0.592. The van der Waals surface area contributed by atoms with E-state index in [1.54, 1.807) is 50.4 Å². The highest BCUT2D eigenvalue weighted by Crippen LogP contribution is 2.36. The van der Waals surface area contributed by atoms with Crippen molar-refractivity contribution in [2.75, 3.05) is 20.1 Å². The van der Waals surface area contributed by atoms with Crippen LogP contribution in [0.15, 0.2) is 45.8 Å². The summed E-state index contributed by atoms with van der Waals surface area (Å²) >= 11 is 0. The molecule has 1 saturated heterocycles. The third-order valence-corrected chi connectivity index (χ3v) is 6.87. The maximum atomic E-state index is 12.9. The van der Waals surface area contributed by atoms with Gasteiger partial charge in [-0.25, -0.2) is 4.98 Å². The molecule has 0 bridgehead atoms. The molecule has 4 rings (SSSR count). The van der Waals surface area contributed by atoms with Gasteiger partial charge in [0.15, 0.2) is 15.3 Å². The third kappa shape index (κ3) is 3.11. The monoisotopic (exact) mass is 400 g/mol. The molecule has 9 heteroatoms. The minimum atomic E-state index is -3.57. The van der Waals surface area contributed by atoms with E-state index in [9.17, 15) is 13.6 Å². The molecule has 3 aromatic rings. The quantitative estimate of drug-likeness (QED) is 0.673. The highest BCUT2D eigenvalue weighted by Gasteiger charge is 2.39. The maximum absolute atomic E-state index is 12.9. The lowest BCUT2D eigenvalue weighted by Gasteiger charge is -2.23. The SMILES string of the molecule is CNC(=O)c1cc(C)nc2onc(C3CCN([S+](=O)([O-])c4ccccc4)C3)c12. The number of benzene rings is 1. The molecule has 1 fully saturated rings. The number of aromatic nitrogens is 2. The van der Waals surface area contributed by atoms with E-state index < -0.39 is 10.4 Å². The lowest BCUT2D eigenvalue weighted by atomic mass is 9.99. The lowest BCUT2D eigenvalue weighted by molar-refractivity contribution is 0.0964. The number of aryl methyl sites for hydroxylation is 1. The first-order valence-corrected chi connectivity index (χ1v) is 10.4. The summed E-state index contributed by atoms with van der Waals surface area (Å²) in [7, 11) is -2.02. The Labute approximate surface area is 163 Å². The van der Waals surface area contributed by atoms with E-state index in [0.717, 1.165) is 0 Å². The second kappa shape index (κ2) is 7.08. The number of nitrogens with zero attached hydrogens (tertiary/aromatic N) is 3. The lowest BCUT2D eigenvalue weighted by Crippen LogP contribution is -2.34. The van der Waals surface area contributed by atoms with Gasteiger partial charge in [-0.3, -0.25) is 4.79 Å². The Bertz CT molecular complexity index is 1080. The van der Waals surface area contributed by atoms with Crippen LogP contribution in [0.4, 0.5) is 0 Å². The highest BCUT2D eigenvalue weighted by molar-refractivity contribution is 7.95. The van der Waals surface area contributed by atoms with E-state index in [1.807, 2.05) is 0 Å². The Balaban J connectivity index is 1.69. The summed E-state index contributed by atoms with van der Waals surface area (Å²) in [4.78, 5) is 16.9. The molecular weight excluding hydrogens is 380 g/mol. The van der Waals surface area contributed by atoms with Gasteiger partial charge in [-0.05, 0) is 31.5 Å². The van der Waals surface area contributed by atoms with Crippen molar-refractivity contribution in [3.05, 3.63) is 53.3 Å². The van der Waals surface area contributed by atoms with Gasteiger partial charge in [0.1, 0.15) is 0 Å². The largest absolute Gasteiger partial charge is 0.593 e. The van der Waals surface area contributed by atoms with E-state index in [0.29, 0.717) is 35.3 Å². The number of hydrogen-bond acceptors (Lipinski definition) is 6. The molecule has 2 atom stereocenters. The second-order valence-corrected chi connectivity index (χ2v) is 8.74. The van der Waals surface area contributed by atoms with E-state index in [2.05, 4.69) is 15.5 Å². The van der Waals surface area contributed by atoms with Gasteiger partial charge in [-0.15, -0.1) is 4.31 Å². The van der Waals surface area contributed by atoms with Crippen molar-refractivity contribution in [2.24, 2.45) is 0 Å². The van der Waals surface area contributed by atoms with Gasteiger partial charge in [0.05, 0.1) is 23.2 Å². The van der Waals surface area contributed by atoms with Gasteiger partial charge >= 0.3 is 0 Å². The summed E-state index contributed by atoms with van der Waals surface area (Å²) in [6, 6.07) is 10.1. The van der Waals surface area contributed by atoms with Gasteiger partial charge < -0.3 is 14.4 Å². The molecule has 1 aliphatic heterocycles. The predicted octanol–water partition coefficient (Wildman–Crippen LogP) is 2.28. The summed E-state index contributed by atoms with van der Waals surface area (Å²) in [5, 5.41) is 7.32. The van der Waals surface area contributed by atoms with Crippen LogP contribution in [0.2, 0.25) is 0 Å². The number of hydrogen-bond donors (Lipinski definition) is 1. The molecule has 0 spiro atoms. The van der Waals surface area contributed by atoms with Crippen LogP contribution in [0.25, 0.3) is 11.1 Å². The molecule has 1 aromatic carbocycles. The molecule has 1 N–H and O–H groups in total. The van der Waals surface area contributed by atoms with Crippen LogP contribution in [0.5, 0.6) is 0 Å². The predicted molar refractivity (Wildman–Crippen MR) is 102 cm³/mol. The fourth-order valence-electron chi connectivity index (χ4n) is 3.60. The zero-order valence-corrected chi connectivity index (χ0v) is 16.4. The maximum Gasteiger partial charge on any atom is 0.259 e. The van der Waals surface area contributed by atoms with Crippen LogP contribution in [0.1, 0.15) is 34.1 Å². The minimum Gasteiger partial charge on any atom is -0.593 e. The number of carbonyl (C=O) groups excluding carboxylic acids is 1. The van der Waals surface area contributed by atoms with Crippen LogP contribution < -0.4 is 5.32 Å². The molecular formula is C19H20N4O4S. The average molecular weight is 400 g/mol. The summed E-state index contributed by atoms with van der Waals surface area (Å²) in [5.41, 5.74) is 1.95. The number of nitrogens with one attached hydrogen (secondary N) is 1. The van der Waals surface area contributed by atoms with Crippen LogP contribution >= 0.6 is 0 Å². The number of carbonyl (C=O) groups is 1. The summed E-state index contributed by atoms with van der Waals surface area (Å²) in [6.45, 7) is 2.43. The zero-order valence-electron chi connectivity index (χ0n) is 15.5. The molecule has 1 amide bonds. The molecule has 8 nitrogen and oxygen atoms in total. The van der Waals surface area contributed by atoms with Crippen LogP contribution in [-0.2, 0) is 14.6 Å². The average Bonchev–Trinajstić information content (AvgIpc) is 3.34. The molecule has 1 aliphatic rings. The zero-order chi connectivity index (χ0) is 19.9. The summed E-state index contributed by atoms with van der Waals surface area (Å²) < 4.78 is 32.6. The van der Waals surface area contributed by atoms with Crippen molar-refractivity contribution in [1.82, 2.24) is 19.8 Å². The molecule has 0 saturated carbocycles. The van der Waals surface area contributed by atoms with Gasteiger partial charge in [0, 0.05) is 25.2 Å². The van der Waals surface area contributed by atoms with E-state index in [1.165, 1.54) is 4.31 Å². The Morgan fingerprint density at radius 2 is 2.11 bits per heavy atom.